The third kappa shape index (κ3) is 5.79. The molecule has 2 rings (SSSR count). The van der Waals surface area contributed by atoms with Gasteiger partial charge in [-0.25, -0.2) is 4.98 Å². The number of rotatable bonds is 8. The van der Waals surface area contributed by atoms with Crippen LogP contribution < -0.4 is 10.6 Å². The second-order valence-corrected chi connectivity index (χ2v) is 6.42. The molecule has 0 amide bonds. The van der Waals surface area contributed by atoms with Gasteiger partial charge in [-0.3, -0.25) is 15.3 Å². The summed E-state index contributed by atoms with van der Waals surface area (Å²) < 4.78 is 0. The number of benzene rings is 1. The number of hydrogen-bond acceptors (Lipinski definition) is 4. The molecule has 1 unspecified atom stereocenters. The number of amidine groups is 1. The first kappa shape index (κ1) is 21.4. The third-order valence-corrected chi connectivity index (χ3v) is 4.31. The minimum atomic E-state index is -0.110. The molecule has 1 atom stereocenters. The van der Waals surface area contributed by atoms with Crippen molar-refractivity contribution in [2.75, 3.05) is 10.6 Å². The monoisotopic (exact) mass is 395 g/mol. The standard InChI is InChI=1S/C22H26ClN5/c1-3-4-5-6-8-17(2)27-22(20-9-7-14-26-21(20)25)28(16-24)19-12-10-18(15-23)11-13-19/h4-14,16-17,24H,3,15H2,1-2H3,(H2,25,26)/b5-4-,8-6-,24-16?,27-22?. The summed E-state index contributed by atoms with van der Waals surface area (Å²) in [5, 5.41) is 7.99. The van der Waals surface area contributed by atoms with Gasteiger partial charge in [0.15, 0.2) is 0 Å². The van der Waals surface area contributed by atoms with Crippen LogP contribution >= 0.6 is 11.6 Å². The van der Waals surface area contributed by atoms with Gasteiger partial charge >= 0.3 is 0 Å². The molecule has 1 heterocycles. The summed E-state index contributed by atoms with van der Waals surface area (Å²) in [5.74, 6) is 1.37. The molecule has 1 aromatic carbocycles. The predicted molar refractivity (Wildman–Crippen MR) is 120 cm³/mol. The van der Waals surface area contributed by atoms with E-state index >= 15 is 0 Å². The zero-order valence-electron chi connectivity index (χ0n) is 16.2. The predicted octanol–water partition coefficient (Wildman–Crippen LogP) is 5.17. The summed E-state index contributed by atoms with van der Waals surface area (Å²) in [7, 11) is 0. The maximum absolute atomic E-state index is 7.99. The number of nitrogen functional groups attached to an aromatic ring is 1. The molecule has 6 heteroatoms. The summed E-state index contributed by atoms with van der Waals surface area (Å²) in [5.41, 5.74) is 8.60. The number of allylic oxidation sites excluding steroid dienone is 3. The van der Waals surface area contributed by atoms with Crippen molar-refractivity contribution in [1.82, 2.24) is 4.98 Å². The summed E-state index contributed by atoms with van der Waals surface area (Å²) in [6.07, 6.45) is 11.9. The molecule has 2 aromatic rings. The van der Waals surface area contributed by atoms with Gasteiger partial charge < -0.3 is 5.73 Å². The van der Waals surface area contributed by atoms with Crippen LogP contribution in [0.15, 0.2) is 71.9 Å². The van der Waals surface area contributed by atoms with E-state index in [9.17, 15) is 0 Å². The van der Waals surface area contributed by atoms with Crippen LogP contribution in [0.1, 0.15) is 31.4 Å². The van der Waals surface area contributed by atoms with Crippen molar-refractivity contribution in [3.8, 4) is 0 Å². The van der Waals surface area contributed by atoms with Crippen LogP contribution in [-0.2, 0) is 5.88 Å². The molecule has 3 N–H and O–H groups in total. The highest BCUT2D eigenvalue weighted by molar-refractivity contribution is 6.20. The number of hydrogen-bond donors (Lipinski definition) is 2. The molecule has 0 spiro atoms. The number of nitrogens with two attached hydrogens (primary N) is 1. The van der Waals surface area contributed by atoms with Gasteiger partial charge in [0.2, 0.25) is 0 Å². The van der Waals surface area contributed by atoms with E-state index in [1.165, 1.54) is 6.34 Å². The van der Waals surface area contributed by atoms with E-state index in [1.807, 2.05) is 61.5 Å². The van der Waals surface area contributed by atoms with Crippen LogP contribution in [-0.4, -0.2) is 23.2 Å². The Morgan fingerprint density at radius 3 is 2.64 bits per heavy atom. The van der Waals surface area contributed by atoms with E-state index < -0.39 is 0 Å². The topological polar surface area (TPSA) is 78.4 Å². The van der Waals surface area contributed by atoms with E-state index in [2.05, 4.69) is 18.0 Å². The molecule has 28 heavy (non-hydrogen) atoms. The van der Waals surface area contributed by atoms with Gasteiger partial charge in [0, 0.05) is 17.8 Å². The SMILES string of the molecule is CC/C=C\C=C/C(C)N=C(c1cccnc1N)N(C=N)c1ccc(CCl)cc1. The van der Waals surface area contributed by atoms with Gasteiger partial charge in [0.25, 0.3) is 0 Å². The Bertz CT molecular complexity index is 855. The molecule has 0 radical (unpaired) electrons. The van der Waals surface area contributed by atoms with Gasteiger partial charge in [-0.05, 0) is 43.2 Å². The number of nitrogens with one attached hydrogen (secondary N) is 1. The number of aliphatic imine (C=N–C) groups is 1. The van der Waals surface area contributed by atoms with Crippen LogP contribution in [0.5, 0.6) is 0 Å². The van der Waals surface area contributed by atoms with Gasteiger partial charge in [-0.2, -0.15) is 0 Å². The molecule has 0 saturated carbocycles. The Morgan fingerprint density at radius 2 is 2.04 bits per heavy atom. The van der Waals surface area contributed by atoms with Crippen LogP contribution in [0.4, 0.5) is 11.5 Å². The quantitative estimate of drug-likeness (QED) is 0.280. The van der Waals surface area contributed by atoms with Crippen LogP contribution in [0.2, 0.25) is 0 Å². The summed E-state index contributed by atoms with van der Waals surface area (Å²) in [6.45, 7) is 4.08. The smallest absolute Gasteiger partial charge is 0.145 e. The Kier molecular flexibility index (Phi) is 8.43. The maximum Gasteiger partial charge on any atom is 0.145 e. The average Bonchev–Trinajstić information content (AvgIpc) is 2.72. The van der Waals surface area contributed by atoms with Crippen LogP contribution in [0.25, 0.3) is 0 Å². The highest BCUT2D eigenvalue weighted by Crippen LogP contribution is 2.21. The molecule has 0 aliphatic rings. The fraction of sp³-hybridized carbons (Fsp3) is 0.227. The molecule has 0 saturated heterocycles. The van der Waals surface area contributed by atoms with E-state index in [0.29, 0.717) is 23.1 Å². The van der Waals surface area contributed by atoms with E-state index in [1.54, 1.807) is 11.1 Å². The minimum Gasteiger partial charge on any atom is -0.383 e. The Labute approximate surface area is 171 Å². The van der Waals surface area contributed by atoms with E-state index in [4.69, 9.17) is 27.7 Å². The lowest BCUT2D eigenvalue weighted by molar-refractivity contribution is 0.922. The Hall–Kier alpha value is -2.92. The van der Waals surface area contributed by atoms with E-state index in [-0.39, 0.29) is 6.04 Å². The number of pyridine rings is 1. The molecular formula is C22H26ClN5. The lowest BCUT2D eigenvalue weighted by atomic mass is 10.1. The van der Waals surface area contributed by atoms with Crippen molar-refractivity contribution in [2.45, 2.75) is 32.2 Å². The summed E-state index contributed by atoms with van der Waals surface area (Å²) >= 11 is 5.89. The first-order valence-electron chi connectivity index (χ1n) is 9.17. The molecule has 0 aliphatic carbocycles. The molecule has 146 valence electrons. The zero-order chi connectivity index (χ0) is 20.4. The highest BCUT2D eigenvalue weighted by Gasteiger charge is 2.18. The molecule has 0 aliphatic heterocycles. The molecule has 5 nitrogen and oxygen atoms in total. The van der Waals surface area contributed by atoms with Crippen molar-refractivity contribution >= 4 is 35.3 Å². The van der Waals surface area contributed by atoms with Gasteiger partial charge in [-0.1, -0.05) is 43.4 Å². The number of nitrogens with zero attached hydrogens (tertiary/aromatic N) is 3. The number of aromatic nitrogens is 1. The first-order chi connectivity index (χ1) is 13.6. The second-order valence-electron chi connectivity index (χ2n) is 6.15. The van der Waals surface area contributed by atoms with Gasteiger partial charge in [-0.15, -0.1) is 11.6 Å². The van der Waals surface area contributed by atoms with Crippen molar-refractivity contribution in [3.05, 3.63) is 78.0 Å². The van der Waals surface area contributed by atoms with Crippen molar-refractivity contribution in [3.63, 3.8) is 0 Å². The fourth-order valence-corrected chi connectivity index (χ4v) is 2.73. The fourth-order valence-electron chi connectivity index (χ4n) is 2.55. The lowest BCUT2D eigenvalue weighted by Crippen LogP contribution is -2.32. The minimum absolute atomic E-state index is 0.110. The van der Waals surface area contributed by atoms with Crippen LogP contribution in [0.3, 0.4) is 0 Å². The maximum atomic E-state index is 7.99. The summed E-state index contributed by atoms with van der Waals surface area (Å²) in [4.78, 5) is 10.7. The van der Waals surface area contributed by atoms with Gasteiger partial charge in [0.1, 0.15) is 11.7 Å². The third-order valence-electron chi connectivity index (χ3n) is 4.00. The molecule has 0 fully saturated rings. The largest absolute Gasteiger partial charge is 0.383 e. The lowest BCUT2D eigenvalue weighted by Gasteiger charge is -2.23. The van der Waals surface area contributed by atoms with Gasteiger partial charge in [0.05, 0.1) is 17.9 Å². The molecule has 0 bridgehead atoms. The number of halogens is 1. The Balaban J connectivity index is 2.48. The number of anilines is 2. The Morgan fingerprint density at radius 1 is 1.29 bits per heavy atom. The van der Waals surface area contributed by atoms with Crippen LogP contribution in [0, 0.1) is 5.41 Å². The molecule has 1 aromatic heterocycles. The van der Waals surface area contributed by atoms with Crippen molar-refractivity contribution < 1.29 is 0 Å². The average molecular weight is 396 g/mol. The molecular weight excluding hydrogens is 370 g/mol. The normalized spacial score (nSPS) is 13.2. The van der Waals surface area contributed by atoms with E-state index in [0.717, 1.165) is 17.7 Å². The first-order valence-corrected chi connectivity index (χ1v) is 9.70. The zero-order valence-corrected chi connectivity index (χ0v) is 17.0. The van der Waals surface area contributed by atoms with Crippen molar-refractivity contribution in [2.24, 2.45) is 4.99 Å². The second kappa shape index (κ2) is 11.0. The highest BCUT2D eigenvalue weighted by atomic mass is 35.5. The van der Waals surface area contributed by atoms with Crippen molar-refractivity contribution in [1.29, 1.82) is 5.41 Å². The number of alkyl halides is 1. The summed E-state index contributed by atoms with van der Waals surface area (Å²) in [6, 6.07) is 11.2.